The van der Waals surface area contributed by atoms with Crippen molar-refractivity contribution in [2.75, 3.05) is 32.1 Å². The molecular weight excluding hydrogens is 332 g/mol. The van der Waals surface area contributed by atoms with Gasteiger partial charge < -0.3 is 20.3 Å². The van der Waals surface area contributed by atoms with Crippen LogP contribution in [-0.2, 0) is 11.2 Å². The first-order valence-corrected chi connectivity index (χ1v) is 8.50. The third kappa shape index (κ3) is 6.43. The molecule has 1 aromatic carbocycles. The summed E-state index contributed by atoms with van der Waals surface area (Å²) < 4.78 is 5.34. The van der Waals surface area contributed by atoms with Gasteiger partial charge in [-0.3, -0.25) is 9.78 Å². The number of amides is 3. The lowest BCUT2D eigenvalue weighted by atomic mass is 10.2. The molecule has 0 saturated carbocycles. The van der Waals surface area contributed by atoms with Crippen LogP contribution in [0.5, 0.6) is 5.75 Å². The first-order valence-electron chi connectivity index (χ1n) is 8.50. The number of nitrogens with one attached hydrogen (secondary N) is 2. The van der Waals surface area contributed by atoms with Crippen molar-refractivity contribution in [2.45, 2.75) is 13.3 Å². The SMILES string of the molecule is CCOc1ccc(NC(=O)NCC(=O)N(C)CCc2ccccn2)cc1. The van der Waals surface area contributed by atoms with E-state index < -0.39 is 6.03 Å². The van der Waals surface area contributed by atoms with Crippen molar-refractivity contribution in [3.8, 4) is 5.75 Å². The van der Waals surface area contributed by atoms with Crippen molar-refractivity contribution < 1.29 is 14.3 Å². The number of hydrogen-bond donors (Lipinski definition) is 2. The van der Waals surface area contributed by atoms with Gasteiger partial charge in [0.25, 0.3) is 0 Å². The van der Waals surface area contributed by atoms with Gasteiger partial charge in [0.05, 0.1) is 13.2 Å². The van der Waals surface area contributed by atoms with Gasteiger partial charge in [-0.2, -0.15) is 0 Å². The van der Waals surface area contributed by atoms with Crippen LogP contribution in [0.1, 0.15) is 12.6 Å². The van der Waals surface area contributed by atoms with Crippen LogP contribution in [0, 0.1) is 0 Å². The van der Waals surface area contributed by atoms with Crippen molar-refractivity contribution in [3.63, 3.8) is 0 Å². The number of urea groups is 1. The average Bonchev–Trinajstić information content (AvgIpc) is 2.66. The van der Waals surface area contributed by atoms with Crippen LogP contribution >= 0.6 is 0 Å². The molecule has 26 heavy (non-hydrogen) atoms. The lowest BCUT2D eigenvalue weighted by molar-refractivity contribution is -0.128. The van der Waals surface area contributed by atoms with E-state index in [0.717, 1.165) is 11.4 Å². The highest BCUT2D eigenvalue weighted by Crippen LogP contribution is 2.15. The highest BCUT2D eigenvalue weighted by atomic mass is 16.5. The fourth-order valence-corrected chi connectivity index (χ4v) is 2.22. The molecule has 0 atom stereocenters. The number of pyridine rings is 1. The Labute approximate surface area is 153 Å². The van der Waals surface area contributed by atoms with Gasteiger partial charge in [0, 0.05) is 37.6 Å². The third-order valence-corrected chi connectivity index (χ3v) is 3.68. The van der Waals surface area contributed by atoms with Gasteiger partial charge in [-0.25, -0.2) is 4.79 Å². The van der Waals surface area contributed by atoms with Crippen molar-refractivity contribution in [1.29, 1.82) is 0 Å². The lowest BCUT2D eigenvalue weighted by Gasteiger charge is -2.17. The fourth-order valence-electron chi connectivity index (χ4n) is 2.22. The molecule has 0 fully saturated rings. The van der Waals surface area contributed by atoms with Crippen molar-refractivity contribution in [1.82, 2.24) is 15.2 Å². The Morgan fingerprint density at radius 3 is 2.58 bits per heavy atom. The van der Waals surface area contributed by atoms with Crippen LogP contribution in [-0.4, -0.2) is 48.6 Å². The largest absolute Gasteiger partial charge is 0.494 e. The molecular formula is C19H24N4O3. The van der Waals surface area contributed by atoms with E-state index in [4.69, 9.17) is 4.74 Å². The number of carbonyl (C=O) groups is 2. The normalized spacial score (nSPS) is 10.1. The summed E-state index contributed by atoms with van der Waals surface area (Å²) in [5.41, 5.74) is 1.55. The standard InChI is InChI=1S/C19H24N4O3/c1-3-26-17-9-7-16(8-10-17)22-19(25)21-14-18(24)23(2)13-11-15-6-4-5-12-20-15/h4-10,12H,3,11,13-14H2,1-2H3,(H2,21,22,25). The zero-order valence-electron chi connectivity index (χ0n) is 15.1. The Kier molecular flexibility index (Phi) is 7.42. The zero-order chi connectivity index (χ0) is 18.8. The molecule has 0 aliphatic carbocycles. The number of nitrogens with zero attached hydrogens (tertiary/aromatic N) is 2. The first-order chi connectivity index (χ1) is 12.6. The number of carbonyl (C=O) groups excluding carboxylic acids is 2. The summed E-state index contributed by atoms with van der Waals surface area (Å²) in [6.45, 7) is 2.97. The molecule has 0 unspecified atom stereocenters. The molecule has 2 aromatic rings. The quantitative estimate of drug-likeness (QED) is 0.760. The second-order valence-corrected chi connectivity index (χ2v) is 5.65. The zero-order valence-corrected chi connectivity index (χ0v) is 15.1. The van der Waals surface area contributed by atoms with Crippen LogP contribution in [0.15, 0.2) is 48.7 Å². The molecule has 0 bridgehead atoms. The second-order valence-electron chi connectivity index (χ2n) is 5.65. The predicted molar refractivity (Wildman–Crippen MR) is 100 cm³/mol. The number of aromatic nitrogens is 1. The summed E-state index contributed by atoms with van der Waals surface area (Å²) in [7, 11) is 1.71. The molecule has 1 aromatic heterocycles. The van der Waals surface area contributed by atoms with E-state index in [9.17, 15) is 9.59 Å². The Balaban J connectivity index is 1.71. The lowest BCUT2D eigenvalue weighted by Crippen LogP contribution is -2.40. The number of hydrogen-bond acceptors (Lipinski definition) is 4. The third-order valence-electron chi connectivity index (χ3n) is 3.68. The maximum absolute atomic E-state index is 12.1. The number of benzene rings is 1. The molecule has 3 amide bonds. The molecule has 2 rings (SSSR count). The Morgan fingerprint density at radius 2 is 1.92 bits per heavy atom. The van der Waals surface area contributed by atoms with Crippen molar-refractivity contribution in [3.05, 3.63) is 54.4 Å². The number of ether oxygens (including phenoxy) is 1. The highest BCUT2D eigenvalue weighted by molar-refractivity contribution is 5.92. The predicted octanol–water partition coefficient (Wildman–Crippen LogP) is 2.30. The Bertz CT molecular complexity index is 704. The number of anilines is 1. The molecule has 7 nitrogen and oxygen atoms in total. The molecule has 138 valence electrons. The van der Waals surface area contributed by atoms with Crippen LogP contribution in [0.2, 0.25) is 0 Å². The van der Waals surface area contributed by atoms with E-state index in [1.54, 1.807) is 42.4 Å². The van der Waals surface area contributed by atoms with Crippen LogP contribution in [0.4, 0.5) is 10.5 Å². The summed E-state index contributed by atoms with van der Waals surface area (Å²) in [6.07, 6.45) is 2.39. The molecule has 0 spiro atoms. The summed E-state index contributed by atoms with van der Waals surface area (Å²) in [5, 5.41) is 5.24. The monoisotopic (exact) mass is 356 g/mol. The molecule has 2 N–H and O–H groups in total. The first kappa shape index (κ1) is 19.2. The minimum Gasteiger partial charge on any atom is -0.494 e. The van der Waals surface area contributed by atoms with Gasteiger partial charge in [-0.1, -0.05) is 6.07 Å². The molecule has 7 heteroatoms. The van der Waals surface area contributed by atoms with Gasteiger partial charge >= 0.3 is 6.03 Å². The minimum atomic E-state index is -0.430. The molecule has 0 aliphatic rings. The molecule has 1 heterocycles. The maximum atomic E-state index is 12.1. The number of rotatable bonds is 8. The Morgan fingerprint density at radius 1 is 1.15 bits per heavy atom. The van der Waals surface area contributed by atoms with E-state index in [1.165, 1.54) is 0 Å². The fraction of sp³-hybridized carbons (Fsp3) is 0.316. The van der Waals surface area contributed by atoms with Gasteiger partial charge in [0.15, 0.2) is 0 Å². The highest BCUT2D eigenvalue weighted by Gasteiger charge is 2.11. The smallest absolute Gasteiger partial charge is 0.319 e. The summed E-state index contributed by atoms with van der Waals surface area (Å²) >= 11 is 0. The topological polar surface area (TPSA) is 83.6 Å². The van der Waals surface area contributed by atoms with E-state index in [2.05, 4.69) is 15.6 Å². The minimum absolute atomic E-state index is 0.0679. The van der Waals surface area contributed by atoms with Crippen LogP contribution in [0.25, 0.3) is 0 Å². The summed E-state index contributed by atoms with van der Waals surface area (Å²) in [5.74, 6) is 0.575. The van der Waals surface area contributed by atoms with Crippen molar-refractivity contribution >= 4 is 17.6 Å². The second kappa shape index (κ2) is 10.0. The molecule has 0 radical (unpaired) electrons. The van der Waals surface area contributed by atoms with Gasteiger partial charge in [-0.05, 0) is 43.3 Å². The van der Waals surface area contributed by atoms with E-state index in [-0.39, 0.29) is 12.5 Å². The number of likely N-dealkylation sites (N-methyl/N-ethyl adjacent to an activating group) is 1. The van der Waals surface area contributed by atoms with Gasteiger partial charge in [-0.15, -0.1) is 0 Å². The average molecular weight is 356 g/mol. The van der Waals surface area contributed by atoms with Crippen LogP contribution in [0.3, 0.4) is 0 Å². The van der Waals surface area contributed by atoms with Gasteiger partial charge in [0.1, 0.15) is 5.75 Å². The molecule has 0 aliphatic heterocycles. The van der Waals surface area contributed by atoms with Crippen molar-refractivity contribution in [2.24, 2.45) is 0 Å². The van der Waals surface area contributed by atoms with Crippen LogP contribution < -0.4 is 15.4 Å². The van der Waals surface area contributed by atoms with Gasteiger partial charge in [0.2, 0.25) is 5.91 Å². The molecule has 0 saturated heterocycles. The summed E-state index contributed by atoms with van der Waals surface area (Å²) in [6, 6.07) is 12.3. The summed E-state index contributed by atoms with van der Waals surface area (Å²) in [4.78, 5) is 29.8. The van der Waals surface area contributed by atoms with E-state index in [1.807, 2.05) is 25.1 Å². The maximum Gasteiger partial charge on any atom is 0.319 e. The van der Waals surface area contributed by atoms with E-state index >= 15 is 0 Å². The van der Waals surface area contributed by atoms with E-state index in [0.29, 0.717) is 25.3 Å². The Hall–Kier alpha value is -3.09.